The van der Waals surface area contributed by atoms with E-state index in [4.69, 9.17) is 0 Å². The van der Waals surface area contributed by atoms with Gasteiger partial charge in [-0.1, -0.05) is 44.0 Å². The third-order valence-corrected chi connectivity index (χ3v) is 4.16. The average Bonchev–Trinajstić information content (AvgIpc) is 2.44. The quantitative estimate of drug-likeness (QED) is 0.882. The molecule has 1 N–H and O–H groups in total. The molecule has 0 bridgehead atoms. The van der Waals surface area contributed by atoms with Crippen molar-refractivity contribution in [2.75, 3.05) is 0 Å². The van der Waals surface area contributed by atoms with Gasteiger partial charge in [0.05, 0.1) is 17.6 Å². The van der Waals surface area contributed by atoms with Gasteiger partial charge in [0.25, 0.3) is 0 Å². The minimum Gasteiger partial charge on any atom is -0.391 e. The molecule has 1 aliphatic rings. The number of nitrogens with zero attached hydrogens (tertiary/aromatic N) is 1. The van der Waals surface area contributed by atoms with E-state index in [9.17, 15) is 10.4 Å². The summed E-state index contributed by atoms with van der Waals surface area (Å²) in [5.74, 6) is 0. The third-order valence-electron chi connectivity index (χ3n) is 4.16. The van der Waals surface area contributed by atoms with Crippen LogP contribution in [0.2, 0.25) is 0 Å². The second kappa shape index (κ2) is 5.54. The minimum atomic E-state index is -0.566. The van der Waals surface area contributed by atoms with Crippen LogP contribution in [-0.2, 0) is 12.8 Å². The molecule has 1 aromatic carbocycles. The van der Waals surface area contributed by atoms with E-state index >= 15 is 0 Å². The molecule has 1 aromatic rings. The van der Waals surface area contributed by atoms with Gasteiger partial charge in [0.15, 0.2) is 0 Å². The lowest BCUT2D eigenvalue weighted by molar-refractivity contribution is 0.0446. The van der Waals surface area contributed by atoms with Gasteiger partial charge in [0.1, 0.15) is 0 Å². The molecular weight excluding hydrogens is 222 g/mol. The number of unbranched alkanes of at least 4 members (excludes halogenated alkanes) is 1. The van der Waals surface area contributed by atoms with E-state index in [1.54, 1.807) is 0 Å². The van der Waals surface area contributed by atoms with E-state index in [0.717, 1.165) is 32.1 Å². The molecule has 0 spiro atoms. The van der Waals surface area contributed by atoms with Gasteiger partial charge < -0.3 is 5.11 Å². The molecule has 18 heavy (non-hydrogen) atoms. The number of benzene rings is 1. The normalized spacial score (nSPS) is 24.1. The summed E-state index contributed by atoms with van der Waals surface area (Å²) in [6, 6.07) is 10.7. The van der Waals surface area contributed by atoms with Crippen LogP contribution in [0.5, 0.6) is 0 Å². The Morgan fingerprint density at radius 3 is 2.78 bits per heavy atom. The first kappa shape index (κ1) is 13.1. The molecule has 0 heterocycles. The summed E-state index contributed by atoms with van der Waals surface area (Å²) >= 11 is 0. The van der Waals surface area contributed by atoms with Crippen LogP contribution in [0.1, 0.15) is 43.7 Å². The molecule has 0 aliphatic heterocycles. The van der Waals surface area contributed by atoms with E-state index in [1.807, 2.05) is 12.1 Å². The second-order valence-corrected chi connectivity index (χ2v) is 5.37. The summed E-state index contributed by atoms with van der Waals surface area (Å²) in [7, 11) is 0. The van der Waals surface area contributed by atoms with Crippen LogP contribution in [0.4, 0.5) is 0 Å². The molecule has 2 rings (SSSR count). The molecule has 1 aliphatic carbocycles. The molecule has 0 amide bonds. The van der Waals surface area contributed by atoms with Crippen molar-refractivity contribution >= 4 is 0 Å². The number of hydrogen-bond acceptors (Lipinski definition) is 2. The highest BCUT2D eigenvalue weighted by Crippen LogP contribution is 2.39. The first-order valence-electron chi connectivity index (χ1n) is 6.88. The van der Waals surface area contributed by atoms with Crippen molar-refractivity contribution < 1.29 is 5.11 Å². The molecule has 0 radical (unpaired) electrons. The highest BCUT2D eigenvalue weighted by Gasteiger charge is 2.40. The summed E-state index contributed by atoms with van der Waals surface area (Å²) < 4.78 is 0. The SMILES string of the molecule is CCCCC(O)C1(C#N)CCc2ccccc2C1. The Bertz CT molecular complexity index is 449. The van der Waals surface area contributed by atoms with E-state index < -0.39 is 11.5 Å². The average molecular weight is 243 g/mol. The van der Waals surface area contributed by atoms with Gasteiger partial charge in [-0.25, -0.2) is 0 Å². The maximum atomic E-state index is 10.4. The maximum Gasteiger partial charge on any atom is 0.0875 e. The molecule has 2 atom stereocenters. The maximum absolute atomic E-state index is 10.4. The van der Waals surface area contributed by atoms with E-state index in [1.165, 1.54) is 11.1 Å². The van der Waals surface area contributed by atoms with E-state index in [0.29, 0.717) is 6.42 Å². The van der Waals surface area contributed by atoms with Crippen LogP contribution in [0.15, 0.2) is 24.3 Å². The fraction of sp³-hybridized carbons (Fsp3) is 0.562. The molecule has 2 heteroatoms. The third kappa shape index (κ3) is 2.42. The van der Waals surface area contributed by atoms with Gasteiger partial charge in [-0.15, -0.1) is 0 Å². The van der Waals surface area contributed by atoms with Crippen molar-refractivity contribution in [3.63, 3.8) is 0 Å². The first-order valence-corrected chi connectivity index (χ1v) is 6.88. The summed E-state index contributed by atoms with van der Waals surface area (Å²) in [6.45, 7) is 2.11. The molecule has 0 saturated heterocycles. The van der Waals surface area contributed by atoms with Gasteiger partial charge in [-0.05, 0) is 36.8 Å². The Kier molecular flexibility index (Phi) is 4.04. The van der Waals surface area contributed by atoms with Gasteiger partial charge in [0.2, 0.25) is 0 Å². The Morgan fingerprint density at radius 2 is 2.11 bits per heavy atom. The monoisotopic (exact) mass is 243 g/mol. The summed E-state index contributed by atoms with van der Waals surface area (Å²) in [4.78, 5) is 0. The molecule has 2 unspecified atom stereocenters. The number of rotatable bonds is 4. The first-order chi connectivity index (χ1) is 8.72. The Labute approximate surface area is 109 Å². The highest BCUT2D eigenvalue weighted by molar-refractivity contribution is 5.33. The van der Waals surface area contributed by atoms with Gasteiger partial charge in [-0.3, -0.25) is 0 Å². The van der Waals surface area contributed by atoms with Crippen molar-refractivity contribution in [3.8, 4) is 6.07 Å². The summed E-state index contributed by atoms with van der Waals surface area (Å²) in [6.07, 6.45) is 4.70. The zero-order valence-electron chi connectivity index (χ0n) is 11.0. The predicted molar refractivity (Wildman–Crippen MR) is 72.0 cm³/mol. The van der Waals surface area contributed by atoms with Crippen LogP contribution < -0.4 is 0 Å². The second-order valence-electron chi connectivity index (χ2n) is 5.37. The summed E-state index contributed by atoms with van der Waals surface area (Å²) in [5.41, 5.74) is 2.01. The van der Waals surface area contributed by atoms with Crippen molar-refractivity contribution in [1.29, 1.82) is 5.26 Å². The van der Waals surface area contributed by atoms with E-state index in [2.05, 4.69) is 25.1 Å². The molecule has 0 fully saturated rings. The van der Waals surface area contributed by atoms with Crippen LogP contribution >= 0.6 is 0 Å². The molecular formula is C16H21NO. The van der Waals surface area contributed by atoms with Gasteiger partial charge in [0, 0.05) is 0 Å². The largest absolute Gasteiger partial charge is 0.391 e. The lowest BCUT2D eigenvalue weighted by Crippen LogP contribution is -2.39. The molecule has 2 nitrogen and oxygen atoms in total. The number of aliphatic hydroxyl groups is 1. The molecule has 96 valence electrons. The van der Waals surface area contributed by atoms with Gasteiger partial charge >= 0.3 is 0 Å². The number of aryl methyl sites for hydroxylation is 1. The molecule has 0 aromatic heterocycles. The fourth-order valence-electron chi connectivity index (χ4n) is 2.89. The zero-order chi connectivity index (χ0) is 13.0. The smallest absolute Gasteiger partial charge is 0.0875 e. The van der Waals surface area contributed by atoms with Crippen LogP contribution in [0, 0.1) is 16.7 Å². The number of aliphatic hydroxyl groups excluding tert-OH is 1. The van der Waals surface area contributed by atoms with Crippen molar-refractivity contribution in [2.45, 2.75) is 51.6 Å². The summed E-state index contributed by atoms with van der Waals surface area (Å²) in [5, 5.41) is 19.9. The van der Waals surface area contributed by atoms with E-state index in [-0.39, 0.29) is 0 Å². The molecule has 0 saturated carbocycles. The van der Waals surface area contributed by atoms with Crippen molar-refractivity contribution in [1.82, 2.24) is 0 Å². The topological polar surface area (TPSA) is 44.0 Å². The van der Waals surface area contributed by atoms with Crippen LogP contribution in [-0.4, -0.2) is 11.2 Å². The Hall–Kier alpha value is -1.33. The Morgan fingerprint density at radius 1 is 1.39 bits per heavy atom. The fourth-order valence-corrected chi connectivity index (χ4v) is 2.89. The van der Waals surface area contributed by atoms with Crippen LogP contribution in [0.25, 0.3) is 0 Å². The number of fused-ring (bicyclic) bond motifs is 1. The minimum absolute atomic E-state index is 0.490. The van der Waals surface area contributed by atoms with Crippen molar-refractivity contribution in [2.24, 2.45) is 5.41 Å². The predicted octanol–water partition coefficient (Wildman–Crippen LogP) is 3.24. The lowest BCUT2D eigenvalue weighted by Gasteiger charge is -2.36. The van der Waals surface area contributed by atoms with Crippen LogP contribution in [0.3, 0.4) is 0 Å². The van der Waals surface area contributed by atoms with Crippen molar-refractivity contribution in [3.05, 3.63) is 35.4 Å². The highest BCUT2D eigenvalue weighted by atomic mass is 16.3. The number of nitriles is 1. The Balaban J connectivity index is 2.19. The standard InChI is InChI=1S/C16H21NO/c1-2-3-8-15(18)16(12-17)10-9-13-6-4-5-7-14(13)11-16/h4-7,15,18H,2-3,8-11H2,1H3. The zero-order valence-corrected chi connectivity index (χ0v) is 11.0. The van der Waals surface area contributed by atoms with Gasteiger partial charge in [-0.2, -0.15) is 5.26 Å². The number of hydrogen-bond donors (Lipinski definition) is 1. The lowest BCUT2D eigenvalue weighted by atomic mass is 9.68.